The van der Waals surface area contributed by atoms with Gasteiger partial charge < -0.3 is 10.1 Å². The SMILES string of the molecule is CC(C)(C)OC(=O)N1C2CCC1(C=C(F)F)CNC2. The van der Waals surface area contributed by atoms with E-state index in [0.717, 1.165) is 12.5 Å². The summed E-state index contributed by atoms with van der Waals surface area (Å²) in [4.78, 5) is 13.8. The fraction of sp³-hybridized carbons (Fsp3) is 0.769. The molecular weight excluding hydrogens is 254 g/mol. The van der Waals surface area contributed by atoms with E-state index in [2.05, 4.69) is 5.32 Å². The lowest BCUT2D eigenvalue weighted by Gasteiger charge is -2.43. The highest BCUT2D eigenvalue weighted by atomic mass is 19.3. The molecule has 2 bridgehead atoms. The standard InChI is InChI=1S/C13H20F2N2O2/c1-12(2,3)19-11(18)17-9-4-5-13(17,6-10(14)15)8-16-7-9/h6,9,16H,4-5,7-8H2,1-3H3. The van der Waals surface area contributed by atoms with Crippen molar-refractivity contribution in [3.8, 4) is 0 Å². The fourth-order valence-corrected chi connectivity index (χ4v) is 2.89. The summed E-state index contributed by atoms with van der Waals surface area (Å²) >= 11 is 0. The predicted octanol–water partition coefficient (Wildman–Crippen LogP) is 2.51. The minimum atomic E-state index is -1.75. The van der Waals surface area contributed by atoms with Crippen molar-refractivity contribution in [1.82, 2.24) is 10.2 Å². The van der Waals surface area contributed by atoms with E-state index in [1.54, 1.807) is 20.8 Å². The molecule has 0 aliphatic carbocycles. The molecule has 2 aliphatic heterocycles. The van der Waals surface area contributed by atoms with Gasteiger partial charge in [0.25, 0.3) is 6.08 Å². The van der Waals surface area contributed by atoms with E-state index in [1.807, 2.05) is 0 Å². The van der Waals surface area contributed by atoms with Crippen molar-refractivity contribution in [2.24, 2.45) is 0 Å². The normalized spacial score (nSPS) is 30.2. The van der Waals surface area contributed by atoms with Crippen LogP contribution < -0.4 is 5.32 Å². The number of nitrogens with one attached hydrogen (secondary N) is 1. The van der Waals surface area contributed by atoms with Crippen molar-refractivity contribution >= 4 is 6.09 Å². The molecule has 0 aromatic heterocycles. The van der Waals surface area contributed by atoms with E-state index in [-0.39, 0.29) is 6.04 Å². The maximum Gasteiger partial charge on any atom is 0.411 e. The van der Waals surface area contributed by atoms with Crippen LogP contribution in [0.15, 0.2) is 12.2 Å². The van der Waals surface area contributed by atoms with Crippen LogP contribution in [0.25, 0.3) is 0 Å². The van der Waals surface area contributed by atoms with E-state index in [0.29, 0.717) is 19.5 Å². The zero-order chi connectivity index (χ0) is 14.3. The molecule has 0 radical (unpaired) electrons. The number of carbonyl (C=O) groups is 1. The number of piperazine rings is 1. The Hall–Kier alpha value is -1.17. The number of hydrogen-bond acceptors (Lipinski definition) is 3. The summed E-state index contributed by atoms with van der Waals surface area (Å²) in [6.07, 6.45) is -0.104. The molecule has 108 valence electrons. The molecule has 4 nitrogen and oxygen atoms in total. The smallest absolute Gasteiger partial charge is 0.411 e. The average Bonchev–Trinajstić information content (AvgIpc) is 2.42. The molecule has 0 aromatic carbocycles. The van der Waals surface area contributed by atoms with Gasteiger partial charge >= 0.3 is 6.09 Å². The molecule has 0 aromatic rings. The minimum Gasteiger partial charge on any atom is -0.444 e. The van der Waals surface area contributed by atoms with Crippen LogP contribution in [0.3, 0.4) is 0 Å². The molecule has 2 atom stereocenters. The summed E-state index contributed by atoms with van der Waals surface area (Å²) in [5.41, 5.74) is -1.56. The Bertz CT molecular complexity index is 398. The molecule has 2 aliphatic rings. The van der Waals surface area contributed by atoms with Gasteiger partial charge in [-0.2, -0.15) is 8.78 Å². The van der Waals surface area contributed by atoms with Crippen molar-refractivity contribution in [2.45, 2.75) is 50.8 Å². The number of fused-ring (bicyclic) bond motifs is 2. The summed E-state index contributed by atoms with van der Waals surface area (Å²) in [6, 6.07) is -0.0702. The van der Waals surface area contributed by atoms with Crippen molar-refractivity contribution in [2.75, 3.05) is 13.1 Å². The number of amides is 1. The summed E-state index contributed by atoms with van der Waals surface area (Å²) in [5, 5.41) is 3.11. The molecule has 2 rings (SSSR count). The molecule has 2 heterocycles. The molecule has 0 spiro atoms. The monoisotopic (exact) mass is 274 g/mol. The second-order valence-electron chi connectivity index (χ2n) is 6.21. The van der Waals surface area contributed by atoms with Crippen LogP contribution in [0.1, 0.15) is 33.6 Å². The minimum absolute atomic E-state index is 0.0702. The summed E-state index contributed by atoms with van der Waals surface area (Å²) < 4.78 is 30.7. The highest BCUT2D eigenvalue weighted by molar-refractivity contribution is 5.71. The zero-order valence-electron chi connectivity index (χ0n) is 11.5. The van der Waals surface area contributed by atoms with Gasteiger partial charge in [0.2, 0.25) is 0 Å². The lowest BCUT2D eigenvalue weighted by molar-refractivity contribution is -0.00123. The first-order chi connectivity index (χ1) is 8.73. The van der Waals surface area contributed by atoms with Crippen LogP contribution in [0.4, 0.5) is 13.6 Å². The largest absolute Gasteiger partial charge is 0.444 e. The maximum absolute atomic E-state index is 12.7. The summed E-state index contributed by atoms with van der Waals surface area (Å²) in [5.74, 6) is 0. The summed E-state index contributed by atoms with van der Waals surface area (Å²) in [7, 11) is 0. The van der Waals surface area contributed by atoms with Gasteiger partial charge in [-0.3, -0.25) is 4.90 Å². The highest BCUT2D eigenvalue weighted by Gasteiger charge is 2.51. The fourth-order valence-electron chi connectivity index (χ4n) is 2.89. The Balaban J connectivity index is 2.26. The zero-order valence-corrected chi connectivity index (χ0v) is 11.5. The molecule has 0 saturated carbocycles. The van der Waals surface area contributed by atoms with Crippen molar-refractivity contribution in [1.29, 1.82) is 0 Å². The molecule has 2 unspecified atom stereocenters. The Labute approximate surface area is 111 Å². The maximum atomic E-state index is 12.7. The Morgan fingerprint density at radius 1 is 1.47 bits per heavy atom. The van der Waals surface area contributed by atoms with Crippen molar-refractivity contribution in [3.63, 3.8) is 0 Å². The first-order valence-electron chi connectivity index (χ1n) is 6.50. The van der Waals surface area contributed by atoms with Gasteiger partial charge in [-0.15, -0.1) is 0 Å². The van der Waals surface area contributed by atoms with Gasteiger partial charge in [0.05, 0.1) is 5.54 Å². The van der Waals surface area contributed by atoms with Gasteiger partial charge in [-0.05, 0) is 33.6 Å². The molecule has 6 heteroatoms. The topological polar surface area (TPSA) is 41.6 Å². The second kappa shape index (κ2) is 4.74. The molecule has 2 fully saturated rings. The molecule has 19 heavy (non-hydrogen) atoms. The van der Waals surface area contributed by atoms with Crippen LogP contribution in [0.5, 0.6) is 0 Å². The van der Waals surface area contributed by atoms with Gasteiger partial charge in [0.15, 0.2) is 0 Å². The van der Waals surface area contributed by atoms with E-state index < -0.39 is 23.3 Å². The Morgan fingerprint density at radius 3 is 2.74 bits per heavy atom. The Morgan fingerprint density at radius 2 is 2.16 bits per heavy atom. The number of nitrogens with zero attached hydrogens (tertiary/aromatic N) is 1. The number of hydrogen-bond donors (Lipinski definition) is 1. The third-order valence-electron chi connectivity index (χ3n) is 3.53. The van der Waals surface area contributed by atoms with Crippen LogP contribution >= 0.6 is 0 Å². The lowest BCUT2D eigenvalue weighted by atomic mass is 9.96. The number of carbonyl (C=O) groups excluding carboxylic acids is 1. The molecular formula is C13H20F2N2O2. The predicted molar refractivity (Wildman–Crippen MR) is 67.0 cm³/mol. The van der Waals surface area contributed by atoms with Gasteiger partial charge in [0.1, 0.15) is 5.60 Å². The quantitative estimate of drug-likeness (QED) is 0.799. The van der Waals surface area contributed by atoms with Crippen molar-refractivity contribution in [3.05, 3.63) is 12.2 Å². The number of ether oxygens (including phenoxy) is 1. The molecule has 1 N–H and O–H groups in total. The highest BCUT2D eigenvalue weighted by Crippen LogP contribution is 2.39. The average molecular weight is 274 g/mol. The first kappa shape index (κ1) is 14.2. The van der Waals surface area contributed by atoms with E-state index in [4.69, 9.17) is 4.74 Å². The third-order valence-corrected chi connectivity index (χ3v) is 3.53. The second-order valence-corrected chi connectivity index (χ2v) is 6.21. The van der Waals surface area contributed by atoms with Gasteiger partial charge in [-0.1, -0.05) is 0 Å². The number of rotatable bonds is 1. The van der Waals surface area contributed by atoms with Crippen LogP contribution in [0, 0.1) is 0 Å². The van der Waals surface area contributed by atoms with E-state index >= 15 is 0 Å². The van der Waals surface area contributed by atoms with Gasteiger partial charge in [0, 0.05) is 25.2 Å². The Kier molecular flexibility index (Phi) is 3.55. The van der Waals surface area contributed by atoms with Crippen LogP contribution in [0.2, 0.25) is 0 Å². The molecule has 2 saturated heterocycles. The van der Waals surface area contributed by atoms with Crippen LogP contribution in [-0.4, -0.2) is 41.3 Å². The summed E-state index contributed by atoms with van der Waals surface area (Å²) in [6.45, 7) is 6.29. The molecule has 1 amide bonds. The number of halogens is 2. The van der Waals surface area contributed by atoms with E-state index in [1.165, 1.54) is 4.90 Å². The third kappa shape index (κ3) is 2.88. The van der Waals surface area contributed by atoms with E-state index in [9.17, 15) is 13.6 Å². The van der Waals surface area contributed by atoms with Crippen LogP contribution in [-0.2, 0) is 4.74 Å². The van der Waals surface area contributed by atoms with Gasteiger partial charge in [-0.25, -0.2) is 4.79 Å². The lowest BCUT2D eigenvalue weighted by Crippen LogP contribution is -2.62. The van der Waals surface area contributed by atoms with Crippen molar-refractivity contribution < 1.29 is 18.3 Å². The first-order valence-corrected chi connectivity index (χ1v) is 6.50.